The maximum absolute atomic E-state index is 3.67. The van der Waals surface area contributed by atoms with Crippen LogP contribution in [0.5, 0.6) is 0 Å². The van der Waals surface area contributed by atoms with Crippen LogP contribution in [-0.2, 0) is 0 Å². The summed E-state index contributed by atoms with van der Waals surface area (Å²) in [6, 6.07) is 34.3. The van der Waals surface area contributed by atoms with Gasteiger partial charge in [0.1, 0.15) is 0 Å². The van der Waals surface area contributed by atoms with E-state index in [9.17, 15) is 0 Å². The largest absolute Gasteiger partial charge is 0.354 e. The molecule has 0 radical (unpaired) electrons. The molecule has 0 aliphatic heterocycles. The third-order valence-corrected chi connectivity index (χ3v) is 4.79. The molecule has 25 heavy (non-hydrogen) atoms. The van der Waals surface area contributed by atoms with Crippen LogP contribution in [0.25, 0.3) is 44.1 Å². The fourth-order valence-corrected chi connectivity index (χ4v) is 3.61. The summed E-state index contributed by atoms with van der Waals surface area (Å²) in [6.07, 6.45) is 0. The first-order chi connectivity index (χ1) is 12.4. The first-order valence-corrected chi connectivity index (χ1v) is 8.55. The Kier molecular flexibility index (Phi) is 3.17. The average Bonchev–Trinajstić information content (AvgIpc) is 3.06. The van der Waals surface area contributed by atoms with Gasteiger partial charge in [-0.15, -0.1) is 0 Å². The molecule has 1 heterocycles. The molecule has 1 heteroatoms. The van der Waals surface area contributed by atoms with Gasteiger partial charge < -0.3 is 4.98 Å². The summed E-state index contributed by atoms with van der Waals surface area (Å²) in [5.41, 5.74) is 6.07. The summed E-state index contributed by atoms with van der Waals surface area (Å²) in [5, 5.41) is 3.80. The van der Waals surface area contributed by atoms with Crippen molar-refractivity contribution < 1.29 is 0 Å². The van der Waals surface area contributed by atoms with Crippen LogP contribution in [0.4, 0.5) is 0 Å². The minimum absolute atomic E-state index is 1.18. The highest BCUT2D eigenvalue weighted by Crippen LogP contribution is 2.39. The number of nitrogens with one attached hydrogen (secondary N) is 1. The van der Waals surface area contributed by atoms with Crippen molar-refractivity contribution >= 4 is 21.7 Å². The number of fused-ring (bicyclic) bond motifs is 2. The zero-order valence-electron chi connectivity index (χ0n) is 13.7. The molecule has 5 aromatic rings. The van der Waals surface area contributed by atoms with E-state index in [-0.39, 0.29) is 0 Å². The third-order valence-electron chi connectivity index (χ3n) is 4.79. The predicted molar refractivity (Wildman–Crippen MR) is 107 cm³/mol. The van der Waals surface area contributed by atoms with Gasteiger partial charge in [0.05, 0.1) is 5.69 Å². The number of hydrogen-bond donors (Lipinski definition) is 1. The standard InChI is InChI=1S/C24H17N/c1-3-9-17(10-4-1)23-21-15-19-13-7-8-14-20(19)16-22(21)25-24(23)18-11-5-2-6-12-18/h1-16,25H. The molecule has 1 N–H and O–H groups in total. The molecule has 1 nitrogen and oxygen atoms in total. The van der Waals surface area contributed by atoms with Crippen LogP contribution in [0, 0.1) is 0 Å². The second kappa shape index (κ2) is 5.64. The zero-order chi connectivity index (χ0) is 16.6. The molecule has 0 spiro atoms. The normalized spacial score (nSPS) is 11.2. The van der Waals surface area contributed by atoms with E-state index in [4.69, 9.17) is 0 Å². The summed E-state index contributed by atoms with van der Waals surface area (Å²) >= 11 is 0. The molecule has 0 bridgehead atoms. The number of rotatable bonds is 2. The van der Waals surface area contributed by atoms with Crippen molar-refractivity contribution in [1.29, 1.82) is 0 Å². The van der Waals surface area contributed by atoms with Crippen LogP contribution in [-0.4, -0.2) is 4.98 Å². The van der Waals surface area contributed by atoms with Crippen molar-refractivity contribution in [2.45, 2.75) is 0 Å². The topological polar surface area (TPSA) is 15.8 Å². The van der Waals surface area contributed by atoms with Gasteiger partial charge in [-0.3, -0.25) is 0 Å². The van der Waals surface area contributed by atoms with Crippen molar-refractivity contribution in [3.63, 3.8) is 0 Å². The smallest absolute Gasteiger partial charge is 0.0544 e. The molecule has 0 fully saturated rings. The Balaban J connectivity index is 1.90. The molecular formula is C24H17N. The first-order valence-electron chi connectivity index (χ1n) is 8.55. The fourth-order valence-electron chi connectivity index (χ4n) is 3.61. The Bertz CT molecular complexity index is 1170. The van der Waals surface area contributed by atoms with E-state index in [2.05, 4.69) is 102 Å². The van der Waals surface area contributed by atoms with E-state index in [0.717, 1.165) is 0 Å². The highest BCUT2D eigenvalue weighted by molar-refractivity contribution is 6.09. The molecule has 0 saturated carbocycles. The molecular weight excluding hydrogens is 302 g/mol. The monoisotopic (exact) mass is 319 g/mol. The summed E-state index contributed by atoms with van der Waals surface area (Å²) in [6.45, 7) is 0. The van der Waals surface area contributed by atoms with E-state index in [0.29, 0.717) is 0 Å². The summed E-state index contributed by atoms with van der Waals surface area (Å²) < 4.78 is 0. The van der Waals surface area contributed by atoms with Gasteiger partial charge in [0.2, 0.25) is 0 Å². The predicted octanol–water partition coefficient (Wildman–Crippen LogP) is 6.66. The number of aromatic amines is 1. The molecule has 0 unspecified atom stereocenters. The second-order valence-corrected chi connectivity index (χ2v) is 6.35. The lowest BCUT2D eigenvalue weighted by Gasteiger charge is -2.06. The third kappa shape index (κ3) is 2.33. The van der Waals surface area contributed by atoms with Crippen molar-refractivity contribution in [2.24, 2.45) is 0 Å². The Morgan fingerprint density at radius 2 is 1.08 bits per heavy atom. The second-order valence-electron chi connectivity index (χ2n) is 6.35. The van der Waals surface area contributed by atoms with Crippen LogP contribution in [0.2, 0.25) is 0 Å². The Morgan fingerprint density at radius 3 is 1.76 bits per heavy atom. The number of benzene rings is 4. The fraction of sp³-hybridized carbons (Fsp3) is 0. The van der Waals surface area contributed by atoms with Gasteiger partial charge in [-0.1, -0.05) is 84.9 Å². The van der Waals surface area contributed by atoms with Gasteiger partial charge in [-0.05, 0) is 34.0 Å². The van der Waals surface area contributed by atoms with Crippen molar-refractivity contribution in [3.05, 3.63) is 97.1 Å². The van der Waals surface area contributed by atoms with Crippen molar-refractivity contribution in [2.75, 3.05) is 0 Å². The average molecular weight is 319 g/mol. The Hall–Kier alpha value is -3.32. The minimum atomic E-state index is 1.18. The Labute approximate surface area is 146 Å². The zero-order valence-corrected chi connectivity index (χ0v) is 13.7. The van der Waals surface area contributed by atoms with Crippen LogP contribution >= 0.6 is 0 Å². The van der Waals surface area contributed by atoms with E-state index >= 15 is 0 Å². The highest BCUT2D eigenvalue weighted by Gasteiger charge is 2.15. The molecule has 1 aromatic heterocycles. The summed E-state index contributed by atoms with van der Waals surface area (Å²) in [5.74, 6) is 0. The number of aromatic nitrogens is 1. The van der Waals surface area contributed by atoms with E-state index in [1.165, 1.54) is 44.1 Å². The SMILES string of the molecule is c1ccc(-c2[nH]c3cc4ccccc4cc3c2-c2ccccc2)cc1. The molecule has 0 saturated heterocycles. The Morgan fingerprint density at radius 1 is 0.520 bits per heavy atom. The van der Waals surface area contributed by atoms with Gasteiger partial charge in [0, 0.05) is 16.5 Å². The summed E-state index contributed by atoms with van der Waals surface area (Å²) in [4.78, 5) is 3.67. The molecule has 0 aliphatic rings. The van der Waals surface area contributed by atoms with Crippen LogP contribution in [0.1, 0.15) is 0 Å². The maximum Gasteiger partial charge on any atom is 0.0544 e. The van der Waals surface area contributed by atoms with Crippen molar-refractivity contribution in [1.82, 2.24) is 4.98 Å². The van der Waals surface area contributed by atoms with Gasteiger partial charge in [0.15, 0.2) is 0 Å². The minimum Gasteiger partial charge on any atom is -0.354 e. The van der Waals surface area contributed by atoms with Gasteiger partial charge in [-0.25, -0.2) is 0 Å². The number of H-pyrrole nitrogens is 1. The number of hydrogen-bond acceptors (Lipinski definition) is 0. The molecule has 4 aromatic carbocycles. The van der Waals surface area contributed by atoms with Crippen LogP contribution < -0.4 is 0 Å². The lowest BCUT2D eigenvalue weighted by molar-refractivity contribution is 1.45. The molecule has 0 aliphatic carbocycles. The summed E-state index contributed by atoms with van der Waals surface area (Å²) in [7, 11) is 0. The lowest BCUT2D eigenvalue weighted by atomic mass is 9.97. The molecule has 5 rings (SSSR count). The van der Waals surface area contributed by atoms with Crippen molar-refractivity contribution in [3.8, 4) is 22.4 Å². The van der Waals surface area contributed by atoms with Crippen LogP contribution in [0.15, 0.2) is 97.1 Å². The molecule has 0 amide bonds. The van der Waals surface area contributed by atoms with Crippen LogP contribution in [0.3, 0.4) is 0 Å². The quantitative estimate of drug-likeness (QED) is 0.374. The van der Waals surface area contributed by atoms with Gasteiger partial charge >= 0.3 is 0 Å². The highest BCUT2D eigenvalue weighted by atomic mass is 14.7. The molecule has 0 atom stereocenters. The lowest BCUT2D eigenvalue weighted by Crippen LogP contribution is -1.82. The molecule has 118 valence electrons. The van der Waals surface area contributed by atoms with E-state index < -0.39 is 0 Å². The van der Waals surface area contributed by atoms with E-state index in [1.807, 2.05) is 0 Å². The maximum atomic E-state index is 3.67. The van der Waals surface area contributed by atoms with Gasteiger partial charge in [-0.2, -0.15) is 0 Å². The van der Waals surface area contributed by atoms with Gasteiger partial charge in [0.25, 0.3) is 0 Å². The van der Waals surface area contributed by atoms with E-state index in [1.54, 1.807) is 0 Å². The first kappa shape index (κ1) is 14.1.